The van der Waals surface area contributed by atoms with Crippen LogP contribution in [0.4, 0.5) is 8.78 Å². The Kier molecular flexibility index (Phi) is 6.66. The van der Waals surface area contributed by atoms with Crippen LogP contribution in [0.1, 0.15) is 32.3 Å². The fourth-order valence-corrected chi connectivity index (χ4v) is 4.36. The summed E-state index contributed by atoms with van der Waals surface area (Å²) in [7, 11) is 0. The van der Waals surface area contributed by atoms with Gasteiger partial charge in [-0.1, -0.05) is 98.3 Å². The van der Waals surface area contributed by atoms with Gasteiger partial charge in [0.1, 0.15) is 11.4 Å². The van der Waals surface area contributed by atoms with Gasteiger partial charge in [-0.25, -0.2) is 8.78 Å². The average molecular weight is 431 g/mol. The third-order valence-electron chi connectivity index (χ3n) is 6.02. The van der Waals surface area contributed by atoms with Crippen LogP contribution in [-0.2, 0) is 4.74 Å². The molecule has 32 heavy (non-hydrogen) atoms. The van der Waals surface area contributed by atoms with Gasteiger partial charge in [-0.2, -0.15) is 0 Å². The summed E-state index contributed by atoms with van der Waals surface area (Å²) in [6.07, 6.45) is 2.72. The molecule has 3 heteroatoms. The van der Waals surface area contributed by atoms with Gasteiger partial charge >= 0.3 is 0 Å². The highest BCUT2D eigenvalue weighted by atomic mass is 19.2. The van der Waals surface area contributed by atoms with Gasteiger partial charge in [0.2, 0.25) is 0 Å². The van der Waals surface area contributed by atoms with Crippen LogP contribution < -0.4 is 0 Å². The first-order valence-corrected chi connectivity index (χ1v) is 11.2. The van der Waals surface area contributed by atoms with Crippen molar-refractivity contribution in [1.29, 1.82) is 0 Å². The minimum absolute atomic E-state index is 0.287. The van der Waals surface area contributed by atoms with Crippen molar-refractivity contribution in [3.05, 3.63) is 102 Å². The molecule has 1 aliphatic carbocycles. The second-order valence-electron chi connectivity index (χ2n) is 8.12. The van der Waals surface area contributed by atoms with E-state index in [-0.39, 0.29) is 5.57 Å². The van der Waals surface area contributed by atoms with Gasteiger partial charge in [0.25, 0.3) is 0 Å². The summed E-state index contributed by atoms with van der Waals surface area (Å²) >= 11 is 0. The number of alkyl halides is 1. The molecule has 0 spiro atoms. The SMILES string of the molecule is CCCC1(OCC)C=CC(c2ccc(-c3ccc(-c4ccccc4)cc3)cc2)=C(F)C1F. The summed E-state index contributed by atoms with van der Waals surface area (Å²) in [4.78, 5) is 0. The van der Waals surface area contributed by atoms with Crippen LogP contribution in [0.5, 0.6) is 0 Å². The Hall–Kier alpha value is -3.04. The van der Waals surface area contributed by atoms with Crippen molar-refractivity contribution in [3.8, 4) is 22.3 Å². The van der Waals surface area contributed by atoms with Crippen molar-refractivity contribution < 1.29 is 13.5 Å². The number of hydrogen-bond acceptors (Lipinski definition) is 1. The highest BCUT2D eigenvalue weighted by Gasteiger charge is 2.43. The first-order chi connectivity index (χ1) is 15.6. The van der Waals surface area contributed by atoms with Crippen LogP contribution >= 0.6 is 0 Å². The molecule has 0 heterocycles. The first-order valence-electron chi connectivity index (χ1n) is 11.2. The molecule has 164 valence electrons. The highest BCUT2D eigenvalue weighted by molar-refractivity contribution is 5.80. The highest BCUT2D eigenvalue weighted by Crippen LogP contribution is 2.40. The molecular weight excluding hydrogens is 402 g/mol. The molecule has 0 saturated carbocycles. The standard InChI is InChI=1S/C29H28F2O/c1-3-19-29(32-4-2)20-18-26(27(30)28(29)31)25-16-14-24(15-17-25)23-12-10-22(11-13-23)21-8-6-5-7-9-21/h5-18,20,28H,3-4,19H2,1-2H3. The van der Waals surface area contributed by atoms with Crippen LogP contribution in [-0.4, -0.2) is 18.4 Å². The first kappa shape index (κ1) is 22.2. The fraction of sp³-hybridized carbons (Fsp3) is 0.241. The van der Waals surface area contributed by atoms with E-state index in [1.165, 1.54) is 5.56 Å². The van der Waals surface area contributed by atoms with Gasteiger partial charge in [0.15, 0.2) is 6.17 Å². The van der Waals surface area contributed by atoms with E-state index >= 15 is 8.78 Å². The molecule has 1 aliphatic rings. The molecule has 0 bridgehead atoms. The number of hydrogen-bond donors (Lipinski definition) is 0. The Morgan fingerprint density at radius 3 is 1.75 bits per heavy atom. The van der Waals surface area contributed by atoms with Crippen LogP contribution in [0.2, 0.25) is 0 Å². The number of ether oxygens (including phenoxy) is 1. The Labute approximate surface area is 189 Å². The lowest BCUT2D eigenvalue weighted by molar-refractivity contribution is -0.0575. The largest absolute Gasteiger partial charge is 0.368 e. The zero-order valence-electron chi connectivity index (χ0n) is 18.5. The summed E-state index contributed by atoms with van der Waals surface area (Å²) in [5.74, 6) is -0.755. The number of allylic oxidation sites excluding steroid dienone is 2. The van der Waals surface area contributed by atoms with Gasteiger partial charge in [-0.05, 0) is 47.2 Å². The minimum Gasteiger partial charge on any atom is -0.368 e. The maximum absolute atomic E-state index is 15.1. The summed E-state index contributed by atoms with van der Waals surface area (Å²) in [5.41, 5.74) is 4.17. The molecule has 0 aliphatic heterocycles. The van der Waals surface area contributed by atoms with Gasteiger partial charge in [-0.15, -0.1) is 0 Å². The zero-order valence-corrected chi connectivity index (χ0v) is 18.5. The van der Waals surface area contributed by atoms with Crippen molar-refractivity contribution in [2.75, 3.05) is 6.61 Å². The van der Waals surface area contributed by atoms with E-state index < -0.39 is 17.6 Å². The van der Waals surface area contributed by atoms with E-state index in [0.29, 0.717) is 25.0 Å². The Bertz CT molecular complexity index is 1090. The summed E-state index contributed by atoms with van der Waals surface area (Å²) in [6.45, 7) is 4.09. The molecule has 0 N–H and O–H groups in total. The van der Waals surface area contributed by atoms with Gasteiger partial charge in [-0.3, -0.25) is 0 Å². The van der Waals surface area contributed by atoms with E-state index in [0.717, 1.165) is 16.7 Å². The van der Waals surface area contributed by atoms with E-state index in [1.807, 2.05) is 49.4 Å². The summed E-state index contributed by atoms with van der Waals surface area (Å²) in [5, 5.41) is 0. The van der Waals surface area contributed by atoms with E-state index in [9.17, 15) is 0 Å². The third-order valence-corrected chi connectivity index (χ3v) is 6.02. The molecule has 0 fully saturated rings. The van der Waals surface area contributed by atoms with Crippen molar-refractivity contribution in [3.63, 3.8) is 0 Å². The number of halogens is 2. The van der Waals surface area contributed by atoms with E-state index in [2.05, 4.69) is 36.4 Å². The maximum Gasteiger partial charge on any atom is 0.184 e. The smallest absolute Gasteiger partial charge is 0.184 e. The predicted molar refractivity (Wildman–Crippen MR) is 129 cm³/mol. The average Bonchev–Trinajstić information content (AvgIpc) is 2.84. The Balaban J connectivity index is 1.56. The summed E-state index contributed by atoms with van der Waals surface area (Å²) < 4.78 is 35.9. The molecule has 0 saturated heterocycles. The second kappa shape index (κ2) is 9.62. The van der Waals surface area contributed by atoms with Crippen molar-refractivity contribution in [1.82, 2.24) is 0 Å². The monoisotopic (exact) mass is 430 g/mol. The van der Waals surface area contributed by atoms with Crippen molar-refractivity contribution >= 4 is 5.57 Å². The number of benzene rings is 3. The molecule has 0 aromatic heterocycles. The molecule has 3 aromatic rings. The lowest BCUT2D eigenvalue weighted by Crippen LogP contribution is -2.43. The van der Waals surface area contributed by atoms with E-state index in [1.54, 1.807) is 19.1 Å². The molecule has 0 radical (unpaired) electrons. The number of rotatable bonds is 7. The topological polar surface area (TPSA) is 9.23 Å². The quantitative estimate of drug-likeness (QED) is 0.367. The molecule has 0 amide bonds. The lowest BCUT2D eigenvalue weighted by Gasteiger charge is -2.36. The van der Waals surface area contributed by atoms with Crippen molar-refractivity contribution in [2.45, 2.75) is 38.5 Å². The molecule has 2 unspecified atom stereocenters. The Morgan fingerprint density at radius 2 is 1.25 bits per heavy atom. The molecule has 2 atom stereocenters. The molecular formula is C29H28F2O. The zero-order chi connectivity index (χ0) is 22.6. The second-order valence-corrected chi connectivity index (χ2v) is 8.12. The normalized spacial score (nSPS) is 20.6. The minimum atomic E-state index is -1.80. The van der Waals surface area contributed by atoms with Crippen LogP contribution in [0, 0.1) is 0 Å². The molecule has 4 rings (SSSR count). The van der Waals surface area contributed by atoms with Gasteiger partial charge < -0.3 is 4.74 Å². The third kappa shape index (κ3) is 4.31. The van der Waals surface area contributed by atoms with Crippen LogP contribution in [0.15, 0.2) is 96.8 Å². The van der Waals surface area contributed by atoms with Crippen molar-refractivity contribution in [2.24, 2.45) is 0 Å². The van der Waals surface area contributed by atoms with Gasteiger partial charge in [0.05, 0.1) is 0 Å². The molecule has 1 nitrogen and oxygen atoms in total. The summed E-state index contributed by atoms with van der Waals surface area (Å²) in [6, 6.07) is 26.2. The predicted octanol–water partition coefficient (Wildman–Crippen LogP) is 8.18. The maximum atomic E-state index is 15.1. The molecule has 3 aromatic carbocycles. The van der Waals surface area contributed by atoms with Gasteiger partial charge in [0, 0.05) is 12.2 Å². The lowest BCUT2D eigenvalue weighted by atomic mass is 9.83. The Morgan fingerprint density at radius 1 is 0.750 bits per heavy atom. The van der Waals surface area contributed by atoms with E-state index in [4.69, 9.17) is 4.74 Å². The van der Waals surface area contributed by atoms with Crippen LogP contribution in [0.3, 0.4) is 0 Å². The fourth-order valence-electron chi connectivity index (χ4n) is 4.36. The van der Waals surface area contributed by atoms with Crippen LogP contribution in [0.25, 0.3) is 27.8 Å².